The minimum absolute atomic E-state index is 0.0132. The normalized spacial score (nSPS) is 29.9. The summed E-state index contributed by atoms with van der Waals surface area (Å²) in [5, 5.41) is 9.63. The highest BCUT2D eigenvalue weighted by molar-refractivity contribution is 8.02. The van der Waals surface area contributed by atoms with Gasteiger partial charge < -0.3 is 19.6 Å². The van der Waals surface area contributed by atoms with Crippen molar-refractivity contribution < 1.29 is 24.2 Å². The van der Waals surface area contributed by atoms with Crippen LogP contribution in [0.1, 0.15) is 86.5 Å². The van der Waals surface area contributed by atoms with Gasteiger partial charge in [-0.15, -0.1) is 24.9 Å². The highest BCUT2D eigenvalue weighted by Crippen LogP contribution is 2.71. The third-order valence-corrected chi connectivity index (χ3v) is 10.6. The first kappa shape index (κ1) is 31.7. The van der Waals surface area contributed by atoms with E-state index in [4.69, 9.17) is 4.74 Å². The summed E-state index contributed by atoms with van der Waals surface area (Å²) in [5.74, 6) is -1.76. The van der Waals surface area contributed by atoms with Crippen LogP contribution in [-0.2, 0) is 19.1 Å². The number of esters is 1. The van der Waals surface area contributed by atoms with E-state index in [-0.39, 0.29) is 36.4 Å². The van der Waals surface area contributed by atoms with Crippen molar-refractivity contribution in [3.63, 3.8) is 0 Å². The Balaban J connectivity index is 1.99. The van der Waals surface area contributed by atoms with Gasteiger partial charge in [-0.1, -0.05) is 32.9 Å². The van der Waals surface area contributed by atoms with Crippen LogP contribution in [-0.4, -0.2) is 80.1 Å². The maximum atomic E-state index is 14.6. The molecule has 220 valence electrons. The Labute approximate surface area is 239 Å². The standard InChI is InChI=1S/C31H50N2O5S/c1-9-11-12-13-20-38-27(37)23-22-25(35)32(18-14-19-34)24(31(22)16-15-30(23,8)39-31)26(36)33(17-10-2)29(6,7)21-28(3,4)5/h9-10,22-24,34H,1-2,11-21H2,3-8H3/t22-,23+,24?,30-,31?/m0/s1. The van der Waals surface area contributed by atoms with Gasteiger partial charge in [-0.2, -0.15) is 0 Å². The number of aliphatic hydroxyl groups excluding tert-OH is 1. The van der Waals surface area contributed by atoms with Crippen LogP contribution in [0.2, 0.25) is 0 Å². The number of thioether (sulfide) groups is 1. The Bertz CT molecular complexity index is 959. The van der Waals surface area contributed by atoms with E-state index in [0.29, 0.717) is 26.0 Å². The van der Waals surface area contributed by atoms with Crippen LogP contribution in [0, 0.1) is 17.3 Å². The van der Waals surface area contributed by atoms with Gasteiger partial charge in [0.05, 0.1) is 23.2 Å². The lowest BCUT2D eigenvalue weighted by Gasteiger charge is -2.46. The summed E-state index contributed by atoms with van der Waals surface area (Å²) in [5.41, 5.74) is -0.487. The Kier molecular flexibility index (Phi) is 9.74. The van der Waals surface area contributed by atoms with E-state index in [2.05, 4.69) is 54.7 Å². The number of unbranched alkanes of at least 4 members (excludes halogenated alkanes) is 2. The Morgan fingerprint density at radius 2 is 1.85 bits per heavy atom. The molecule has 0 aromatic heterocycles. The maximum absolute atomic E-state index is 14.6. The number of carbonyl (C=O) groups is 3. The molecule has 3 aliphatic heterocycles. The number of aliphatic hydroxyl groups is 1. The Morgan fingerprint density at radius 3 is 2.44 bits per heavy atom. The van der Waals surface area contributed by atoms with Crippen LogP contribution in [0.25, 0.3) is 0 Å². The van der Waals surface area contributed by atoms with E-state index >= 15 is 0 Å². The van der Waals surface area contributed by atoms with Crippen molar-refractivity contribution in [2.75, 3.05) is 26.3 Å². The summed E-state index contributed by atoms with van der Waals surface area (Å²) in [4.78, 5) is 45.9. The largest absolute Gasteiger partial charge is 0.465 e. The zero-order valence-corrected chi connectivity index (χ0v) is 25.8. The van der Waals surface area contributed by atoms with Crippen LogP contribution in [0.3, 0.4) is 0 Å². The molecule has 0 radical (unpaired) electrons. The summed E-state index contributed by atoms with van der Waals surface area (Å²) < 4.78 is 4.60. The number of allylic oxidation sites excluding steroid dienone is 1. The number of likely N-dealkylation sites (tertiary alicyclic amines) is 1. The van der Waals surface area contributed by atoms with Crippen molar-refractivity contribution in [2.24, 2.45) is 17.3 Å². The molecule has 2 amide bonds. The van der Waals surface area contributed by atoms with Crippen molar-refractivity contribution in [1.29, 1.82) is 0 Å². The molecule has 0 aromatic carbocycles. The predicted octanol–water partition coefficient (Wildman–Crippen LogP) is 4.98. The van der Waals surface area contributed by atoms with Crippen molar-refractivity contribution >= 4 is 29.5 Å². The molecule has 0 aliphatic carbocycles. The van der Waals surface area contributed by atoms with Crippen LogP contribution < -0.4 is 0 Å². The van der Waals surface area contributed by atoms with Gasteiger partial charge in [-0.3, -0.25) is 14.4 Å². The van der Waals surface area contributed by atoms with Crippen LogP contribution in [0.15, 0.2) is 25.3 Å². The first-order valence-electron chi connectivity index (χ1n) is 14.5. The molecule has 3 rings (SSSR count). The molecule has 39 heavy (non-hydrogen) atoms. The average molecular weight is 563 g/mol. The van der Waals surface area contributed by atoms with E-state index in [0.717, 1.165) is 32.1 Å². The van der Waals surface area contributed by atoms with Crippen molar-refractivity contribution in [1.82, 2.24) is 9.80 Å². The van der Waals surface area contributed by atoms with Gasteiger partial charge in [0, 0.05) is 30.0 Å². The number of carbonyl (C=O) groups excluding carboxylic acids is 3. The molecule has 3 aliphatic rings. The van der Waals surface area contributed by atoms with Gasteiger partial charge >= 0.3 is 5.97 Å². The van der Waals surface area contributed by atoms with Gasteiger partial charge in [0.25, 0.3) is 0 Å². The predicted molar refractivity (Wildman–Crippen MR) is 157 cm³/mol. The van der Waals surface area contributed by atoms with Gasteiger partial charge in [0.2, 0.25) is 11.8 Å². The van der Waals surface area contributed by atoms with Gasteiger partial charge in [-0.25, -0.2) is 0 Å². The van der Waals surface area contributed by atoms with E-state index in [1.54, 1.807) is 22.7 Å². The number of amides is 2. The SMILES string of the molecule is C=CCCCCOC(=O)[C@H]1[C@H]2C(=O)N(CCCO)C(C(=O)N(CC=C)C(C)(C)CC(C)(C)C)C23CC[C@]1(C)S3. The number of hydrogen-bond donors (Lipinski definition) is 1. The monoisotopic (exact) mass is 562 g/mol. The highest BCUT2D eigenvalue weighted by atomic mass is 32.2. The zero-order valence-electron chi connectivity index (χ0n) is 25.0. The Morgan fingerprint density at radius 1 is 1.15 bits per heavy atom. The number of nitrogens with zero attached hydrogens (tertiary/aromatic N) is 2. The Hall–Kier alpha value is -1.80. The molecule has 1 N–H and O–H groups in total. The lowest BCUT2D eigenvalue weighted by Crippen LogP contribution is -2.60. The molecule has 3 fully saturated rings. The molecule has 2 bridgehead atoms. The first-order valence-corrected chi connectivity index (χ1v) is 15.3. The minimum Gasteiger partial charge on any atom is -0.465 e. The zero-order chi connectivity index (χ0) is 29.2. The van der Waals surface area contributed by atoms with E-state index in [1.165, 1.54) is 0 Å². The molecule has 3 heterocycles. The summed E-state index contributed by atoms with van der Waals surface area (Å²) >= 11 is 1.66. The van der Waals surface area contributed by atoms with Gasteiger partial charge in [0.1, 0.15) is 6.04 Å². The smallest absolute Gasteiger partial charge is 0.311 e. The quantitative estimate of drug-likeness (QED) is 0.183. The van der Waals surface area contributed by atoms with Gasteiger partial charge in [0.15, 0.2) is 0 Å². The van der Waals surface area contributed by atoms with Crippen LogP contribution >= 0.6 is 11.8 Å². The maximum Gasteiger partial charge on any atom is 0.311 e. The second-order valence-corrected chi connectivity index (χ2v) is 15.5. The van der Waals surface area contributed by atoms with E-state index in [1.807, 2.05) is 11.0 Å². The molecule has 2 unspecified atom stereocenters. The molecular weight excluding hydrogens is 512 g/mol. The molecule has 8 heteroatoms. The third kappa shape index (κ3) is 6.12. The number of fused-ring (bicyclic) bond motifs is 1. The van der Waals surface area contributed by atoms with E-state index in [9.17, 15) is 19.5 Å². The molecular formula is C31H50N2O5S. The highest BCUT2D eigenvalue weighted by Gasteiger charge is 2.77. The van der Waals surface area contributed by atoms with E-state index < -0.39 is 32.9 Å². The summed E-state index contributed by atoms with van der Waals surface area (Å²) in [6, 6.07) is -0.696. The molecule has 5 atom stereocenters. The van der Waals surface area contributed by atoms with Crippen LogP contribution in [0.5, 0.6) is 0 Å². The molecule has 0 saturated carbocycles. The van der Waals surface area contributed by atoms with Gasteiger partial charge in [-0.05, 0) is 71.1 Å². The summed E-state index contributed by atoms with van der Waals surface area (Å²) in [7, 11) is 0. The third-order valence-electron chi connectivity index (χ3n) is 8.64. The average Bonchev–Trinajstić information content (AvgIpc) is 3.39. The lowest BCUT2D eigenvalue weighted by atomic mass is 9.66. The number of ether oxygens (including phenoxy) is 1. The minimum atomic E-state index is -0.696. The number of rotatable bonds is 14. The molecule has 3 saturated heterocycles. The molecule has 0 aromatic rings. The topological polar surface area (TPSA) is 87.1 Å². The fourth-order valence-corrected chi connectivity index (χ4v) is 9.84. The van der Waals surface area contributed by atoms with Crippen LogP contribution in [0.4, 0.5) is 0 Å². The second-order valence-electron chi connectivity index (χ2n) is 13.6. The second kappa shape index (κ2) is 12.0. The lowest BCUT2D eigenvalue weighted by molar-refractivity contribution is -0.155. The van der Waals surface area contributed by atoms with Crippen molar-refractivity contribution in [2.45, 2.75) is 108 Å². The van der Waals surface area contributed by atoms with Crippen molar-refractivity contribution in [3.8, 4) is 0 Å². The van der Waals surface area contributed by atoms with Crippen molar-refractivity contribution in [3.05, 3.63) is 25.3 Å². The number of hydrogen-bond acceptors (Lipinski definition) is 6. The fraction of sp³-hybridized carbons (Fsp3) is 0.774. The molecule has 7 nitrogen and oxygen atoms in total. The summed E-state index contributed by atoms with van der Waals surface area (Å²) in [6.45, 7) is 21.3. The molecule has 1 spiro atoms. The first-order chi connectivity index (χ1) is 18.2. The summed E-state index contributed by atoms with van der Waals surface area (Å²) in [6.07, 6.45) is 8.73. The fourth-order valence-electron chi connectivity index (χ4n) is 7.50.